The lowest BCUT2D eigenvalue weighted by Gasteiger charge is -2.32. The first-order valence-corrected chi connectivity index (χ1v) is 11.5. The van der Waals surface area contributed by atoms with Crippen LogP contribution in [0.15, 0.2) is 30.3 Å². The topological polar surface area (TPSA) is 96.0 Å². The van der Waals surface area contributed by atoms with Gasteiger partial charge in [0, 0.05) is 19.5 Å². The van der Waals surface area contributed by atoms with Crippen LogP contribution in [0.4, 0.5) is 4.79 Å². The molecule has 0 spiro atoms. The predicted molar refractivity (Wildman–Crippen MR) is 118 cm³/mol. The number of benzene rings is 1. The average molecular weight is 444 g/mol. The quantitative estimate of drug-likeness (QED) is 0.699. The number of likely N-dealkylation sites (tertiary alicyclic amines) is 2. The summed E-state index contributed by atoms with van der Waals surface area (Å²) in [6.45, 7) is 5.40. The third kappa shape index (κ3) is 6.08. The van der Waals surface area contributed by atoms with Crippen LogP contribution in [-0.2, 0) is 25.7 Å². The molecule has 1 aromatic carbocycles. The number of carbonyl (C=O) groups excluding carboxylic acids is 4. The van der Waals surface area contributed by atoms with Gasteiger partial charge in [0.05, 0.1) is 0 Å². The maximum atomic E-state index is 13.1. The summed E-state index contributed by atoms with van der Waals surface area (Å²) in [4.78, 5) is 53.8. The van der Waals surface area contributed by atoms with Crippen molar-refractivity contribution in [1.82, 2.24) is 15.1 Å². The zero-order chi connectivity index (χ0) is 23.1. The van der Waals surface area contributed by atoms with Crippen LogP contribution in [0.1, 0.15) is 57.9 Å². The van der Waals surface area contributed by atoms with Gasteiger partial charge in [-0.15, -0.1) is 0 Å². The molecule has 0 bridgehead atoms. The van der Waals surface area contributed by atoms with Crippen molar-refractivity contribution in [3.8, 4) is 0 Å². The SMILES string of the molecule is CC(C)C[C@H](NC(=O)[C@@H]1CCC(=O)N1C(=O)OCc1ccccc1)C(=O)N1CCCCC1. The molecule has 2 atom stereocenters. The highest BCUT2D eigenvalue weighted by Crippen LogP contribution is 2.22. The second-order valence-corrected chi connectivity index (χ2v) is 8.94. The Balaban J connectivity index is 1.65. The maximum Gasteiger partial charge on any atom is 0.417 e. The summed E-state index contributed by atoms with van der Waals surface area (Å²) in [6, 6.07) is 7.50. The summed E-state index contributed by atoms with van der Waals surface area (Å²) < 4.78 is 5.29. The standard InChI is InChI=1S/C24H33N3O5/c1-17(2)15-19(23(30)26-13-7-4-8-14-26)25-22(29)20-11-12-21(28)27(20)24(31)32-16-18-9-5-3-6-10-18/h3,5-6,9-10,17,19-20H,4,7-8,11-16H2,1-2H3,(H,25,29)/t19-,20-/m0/s1. The van der Waals surface area contributed by atoms with Crippen LogP contribution in [0.5, 0.6) is 0 Å². The second-order valence-electron chi connectivity index (χ2n) is 8.94. The molecule has 1 N–H and O–H groups in total. The van der Waals surface area contributed by atoms with E-state index in [2.05, 4.69) is 5.32 Å². The van der Waals surface area contributed by atoms with Crippen molar-refractivity contribution in [2.75, 3.05) is 13.1 Å². The first-order valence-electron chi connectivity index (χ1n) is 11.5. The van der Waals surface area contributed by atoms with Crippen molar-refractivity contribution >= 4 is 23.8 Å². The number of nitrogens with one attached hydrogen (secondary N) is 1. The smallest absolute Gasteiger partial charge is 0.417 e. The molecule has 174 valence electrons. The molecule has 0 unspecified atom stereocenters. The van der Waals surface area contributed by atoms with Gasteiger partial charge < -0.3 is 15.0 Å². The van der Waals surface area contributed by atoms with Crippen LogP contribution in [0, 0.1) is 5.92 Å². The first kappa shape index (κ1) is 23.8. The van der Waals surface area contributed by atoms with E-state index in [1.807, 2.05) is 49.1 Å². The fourth-order valence-electron chi connectivity index (χ4n) is 4.25. The molecule has 32 heavy (non-hydrogen) atoms. The van der Waals surface area contributed by atoms with E-state index in [0.717, 1.165) is 29.7 Å². The summed E-state index contributed by atoms with van der Waals surface area (Å²) >= 11 is 0. The number of imide groups is 1. The summed E-state index contributed by atoms with van der Waals surface area (Å²) in [5.74, 6) is -0.810. The van der Waals surface area contributed by atoms with Crippen LogP contribution in [0.25, 0.3) is 0 Å². The van der Waals surface area contributed by atoms with Crippen LogP contribution in [0.2, 0.25) is 0 Å². The van der Waals surface area contributed by atoms with Gasteiger partial charge in [-0.25, -0.2) is 9.69 Å². The molecule has 2 aliphatic rings. The lowest BCUT2D eigenvalue weighted by molar-refractivity contribution is -0.139. The minimum Gasteiger partial charge on any atom is -0.444 e. The first-order chi connectivity index (χ1) is 15.4. The third-order valence-corrected chi connectivity index (χ3v) is 5.91. The van der Waals surface area contributed by atoms with Crippen molar-refractivity contribution in [3.63, 3.8) is 0 Å². The van der Waals surface area contributed by atoms with Gasteiger partial charge in [0.2, 0.25) is 17.7 Å². The van der Waals surface area contributed by atoms with E-state index < -0.39 is 30.0 Å². The van der Waals surface area contributed by atoms with E-state index in [0.29, 0.717) is 19.5 Å². The molecule has 4 amide bonds. The molecule has 8 nitrogen and oxygen atoms in total. The number of piperidine rings is 1. The molecule has 2 fully saturated rings. The van der Waals surface area contributed by atoms with E-state index in [1.165, 1.54) is 0 Å². The Morgan fingerprint density at radius 1 is 1.09 bits per heavy atom. The number of ether oxygens (including phenoxy) is 1. The number of hydrogen-bond acceptors (Lipinski definition) is 5. The fraction of sp³-hybridized carbons (Fsp3) is 0.583. The van der Waals surface area contributed by atoms with E-state index in [4.69, 9.17) is 4.74 Å². The molecule has 1 aromatic rings. The van der Waals surface area contributed by atoms with Gasteiger partial charge in [0.1, 0.15) is 18.7 Å². The zero-order valence-electron chi connectivity index (χ0n) is 18.9. The Kier molecular flexibility index (Phi) is 8.25. The Morgan fingerprint density at radius 2 is 1.78 bits per heavy atom. The van der Waals surface area contributed by atoms with Crippen LogP contribution < -0.4 is 5.32 Å². The Labute approximate surface area is 189 Å². The van der Waals surface area contributed by atoms with E-state index in [9.17, 15) is 19.2 Å². The number of hydrogen-bond donors (Lipinski definition) is 1. The second kappa shape index (κ2) is 11.1. The minimum atomic E-state index is -0.963. The van der Waals surface area contributed by atoms with Gasteiger partial charge in [-0.2, -0.15) is 0 Å². The van der Waals surface area contributed by atoms with Crippen molar-refractivity contribution in [2.24, 2.45) is 5.92 Å². The Morgan fingerprint density at radius 3 is 2.44 bits per heavy atom. The van der Waals surface area contributed by atoms with Crippen molar-refractivity contribution in [1.29, 1.82) is 0 Å². The minimum absolute atomic E-state index is 0.0151. The zero-order valence-corrected chi connectivity index (χ0v) is 18.9. The molecule has 0 aromatic heterocycles. The lowest BCUT2D eigenvalue weighted by Crippen LogP contribution is -2.55. The largest absolute Gasteiger partial charge is 0.444 e. The van der Waals surface area contributed by atoms with Gasteiger partial charge in [0.25, 0.3) is 0 Å². The normalized spacial score (nSPS) is 19.7. The monoisotopic (exact) mass is 443 g/mol. The van der Waals surface area contributed by atoms with Gasteiger partial charge in [-0.1, -0.05) is 44.2 Å². The van der Waals surface area contributed by atoms with Crippen LogP contribution in [-0.4, -0.2) is 58.8 Å². The van der Waals surface area contributed by atoms with E-state index in [-0.39, 0.29) is 31.3 Å². The molecule has 2 heterocycles. The predicted octanol–water partition coefficient (Wildman–Crippen LogP) is 2.86. The molecular formula is C24H33N3O5. The summed E-state index contributed by atoms with van der Waals surface area (Å²) in [6.07, 6.45) is 3.01. The molecule has 8 heteroatoms. The summed E-state index contributed by atoms with van der Waals surface area (Å²) in [5.41, 5.74) is 0.789. The molecule has 2 aliphatic heterocycles. The average Bonchev–Trinajstić information content (AvgIpc) is 3.19. The van der Waals surface area contributed by atoms with Gasteiger partial charge >= 0.3 is 6.09 Å². The van der Waals surface area contributed by atoms with Crippen LogP contribution in [0.3, 0.4) is 0 Å². The molecule has 3 rings (SSSR count). The van der Waals surface area contributed by atoms with E-state index in [1.54, 1.807) is 0 Å². The highest BCUT2D eigenvalue weighted by atomic mass is 16.6. The van der Waals surface area contributed by atoms with Gasteiger partial charge in [-0.3, -0.25) is 14.4 Å². The highest BCUT2D eigenvalue weighted by Gasteiger charge is 2.42. The molecule has 0 aliphatic carbocycles. The molecule has 2 saturated heterocycles. The van der Waals surface area contributed by atoms with E-state index >= 15 is 0 Å². The summed E-state index contributed by atoms with van der Waals surface area (Å²) in [5, 5.41) is 2.83. The van der Waals surface area contributed by atoms with Crippen molar-refractivity contribution < 1.29 is 23.9 Å². The lowest BCUT2D eigenvalue weighted by atomic mass is 10.0. The number of nitrogens with zero attached hydrogens (tertiary/aromatic N) is 2. The number of carbonyl (C=O) groups is 4. The number of rotatable bonds is 7. The Bertz CT molecular complexity index is 820. The van der Waals surface area contributed by atoms with Gasteiger partial charge in [-0.05, 0) is 43.6 Å². The summed E-state index contributed by atoms with van der Waals surface area (Å²) in [7, 11) is 0. The molecular weight excluding hydrogens is 410 g/mol. The fourth-order valence-corrected chi connectivity index (χ4v) is 4.25. The van der Waals surface area contributed by atoms with Crippen molar-refractivity contribution in [3.05, 3.63) is 35.9 Å². The van der Waals surface area contributed by atoms with Crippen LogP contribution >= 0.6 is 0 Å². The maximum absolute atomic E-state index is 13.1. The molecule has 0 saturated carbocycles. The number of amides is 4. The Hall–Kier alpha value is -2.90. The molecule has 0 radical (unpaired) electrons. The third-order valence-electron chi connectivity index (χ3n) is 5.91. The highest BCUT2D eigenvalue weighted by molar-refractivity contribution is 6.01. The van der Waals surface area contributed by atoms with Crippen molar-refractivity contribution in [2.45, 2.75) is 71.1 Å². The van der Waals surface area contributed by atoms with Gasteiger partial charge in [0.15, 0.2) is 0 Å².